The molecule has 0 heterocycles. The summed E-state index contributed by atoms with van der Waals surface area (Å²) in [6.07, 6.45) is 9.06. The van der Waals surface area contributed by atoms with Crippen LogP contribution in [0.1, 0.15) is 52.4 Å². The first-order chi connectivity index (χ1) is 5.86. The van der Waals surface area contributed by atoms with Gasteiger partial charge < -0.3 is 0 Å². The Morgan fingerprint density at radius 1 is 1.17 bits per heavy atom. The Bertz CT molecular complexity index is 150. The number of rotatable bonds is 3. The van der Waals surface area contributed by atoms with E-state index in [0.717, 1.165) is 23.7 Å². The van der Waals surface area contributed by atoms with Gasteiger partial charge in [0.05, 0.1) is 0 Å². The van der Waals surface area contributed by atoms with Crippen LogP contribution in [0.5, 0.6) is 0 Å². The van der Waals surface area contributed by atoms with Gasteiger partial charge >= 0.3 is 0 Å². The zero-order valence-electron chi connectivity index (χ0n) is 8.55. The summed E-state index contributed by atoms with van der Waals surface area (Å²) >= 11 is 0. The monoisotopic (exact) mass is 166 g/mol. The van der Waals surface area contributed by atoms with Gasteiger partial charge in [-0.25, -0.2) is 0 Å². The van der Waals surface area contributed by atoms with E-state index >= 15 is 0 Å². The SMILES string of the molecule is CCCC1CC2CCC2C1CC. The minimum absolute atomic E-state index is 1.11. The lowest BCUT2D eigenvalue weighted by atomic mass is 9.71. The third-order valence-electron chi connectivity index (χ3n) is 4.37. The maximum atomic E-state index is 2.40. The molecule has 0 aromatic heterocycles. The molecule has 2 fully saturated rings. The Morgan fingerprint density at radius 3 is 2.50 bits per heavy atom. The van der Waals surface area contributed by atoms with E-state index in [-0.39, 0.29) is 0 Å². The third-order valence-corrected chi connectivity index (χ3v) is 4.37. The topological polar surface area (TPSA) is 0 Å². The zero-order valence-corrected chi connectivity index (χ0v) is 8.55. The fourth-order valence-electron chi connectivity index (χ4n) is 3.70. The molecular weight excluding hydrogens is 144 g/mol. The molecule has 4 unspecified atom stereocenters. The average Bonchev–Trinajstić information content (AvgIpc) is 2.27. The van der Waals surface area contributed by atoms with Crippen LogP contribution < -0.4 is 0 Å². The quantitative estimate of drug-likeness (QED) is 0.597. The molecule has 0 radical (unpaired) electrons. The summed E-state index contributed by atoms with van der Waals surface area (Å²) < 4.78 is 0. The maximum absolute atomic E-state index is 2.40. The first-order valence-electron chi connectivity index (χ1n) is 5.86. The Balaban J connectivity index is 1.95. The molecule has 0 amide bonds. The van der Waals surface area contributed by atoms with Crippen molar-refractivity contribution in [1.29, 1.82) is 0 Å². The van der Waals surface area contributed by atoms with E-state index in [1.165, 1.54) is 19.3 Å². The number of fused-ring (bicyclic) bond motifs is 1. The molecule has 2 saturated carbocycles. The highest BCUT2D eigenvalue weighted by atomic mass is 14.5. The maximum Gasteiger partial charge on any atom is -0.0355 e. The second kappa shape index (κ2) is 3.40. The standard InChI is InChI=1S/C12H22/c1-3-5-9-8-10-6-7-12(10)11(9)4-2/h9-12H,3-8H2,1-2H3. The molecule has 0 nitrogen and oxygen atoms in total. The molecule has 2 aliphatic rings. The molecule has 70 valence electrons. The summed E-state index contributed by atoms with van der Waals surface area (Å²) in [6.45, 7) is 4.74. The highest BCUT2D eigenvalue weighted by Crippen LogP contribution is 2.55. The van der Waals surface area contributed by atoms with Gasteiger partial charge in [-0.2, -0.15) is 0 Å². The van der Waals surface area contributed by atoms with Gasteiger partial charge in [0, 0.05) is 0 Å². The van der Waals surface area contributed by atoms with E-state index in [2.05, 4.69) is 13.8 Å². The normalized spacial score (nSPS) is 45.5. The average molecular weight is 166 g/mol. The molecule has 0 aliphatic heterocycles. The van der Waals surface area contributed by atoms with Gasteiger partial charge in [-0.05, 0) is 42.9 Å². The molecule has 0 spiro atoms. The molecular formula is C12H22. The molecule has 0 bridgehead atoms. The van der Waals surface area contributed by atoms with E-state index in [4.69, 9.17) is 0 Å². The van der Waals surface area contributed by atoms with Gasteiger partial charge in [0.2, 0.25) is 0 Å². The van der Waals surface area contributed by atoms with Gasteiger partial charge in [0.15, 0.2) is 0 Å². The van der Waals surface area contributed by atoms with Crippen molar-refractivity contribution >= 4 is 0 Å². The van der Waals surface area contributed by atoms with Crippen LogP contribution in [0.4, 0.5) is 0 Å². The fraction of sp³-hybridized carbons (Fsp3) is 1.00. The number of hydrogen-bond acceptors (Lipinski definition) is 0. The fourth-order valence-corrected chi connectivity index (χ4v) is 3.70. The highest BCUT2D eigenvalue weighted by Gasteiger charge is 2.46. The van der Waals surface area contributed by atoms with Crippen LogP contribution in [0, 0.1) is 23.7 Å². The van der Waals surface area contributed by atoms with Gasteiger partial charge in [0.25, 0.3) is 0 Å². The summed E-state index contributed by atoms with van der Waals surface area (Å²) in [7, 11) is 0. The van der Waals surface area contributed by atoms with E-state index in [1.807, 2.05) is 0 Å². The molecule has 2 aliphatic carbocycles. The van der Waals surface area contributed by atoms with Crippen molar-refractivity contribution in [2.45, 2.75) is 52.4 Å². The van der Waals surface area contributed by atoms with Gasteiger partial charge in [0.1, 0.15) is 0 Å². The second-order valence-electron chi connectivity index (χ2n) is 4.86. The van der Waals surface area contributed by atoms with Crippen LogP contribution in [-0.4, -0.2) is 0 Å². The summed E-state index contributed by atoms with van der Waals surface area (Å²) in [6, 6.07) is 0. The Hall–Kier alpha value is 0. The van der Waals surface area contributed by atoms with E-state index in [1.54, 1.807) is 19.3 Å². The molecule has 0 aromatic rings. The lowest BCUT2D eigenvalue weighted by Crippen LogP contribution is -2.25. The lowest BCUT2D eigenvalue weighted by molar-refractivity contribution is 0.161. The lowest BCUT2D eigenvalue weighted by Gasteiger charge is -2.34. The molecule has 0 N–H and O–H groups in total. The van der Waals surface area contributed by atoms with Crippen molar-refractivity contribution in [3.8, 4) is 0 Å². The smallest absolute Gasteiger partial charge is 0.0355 e. The summed E-state index contributed by atoms with van der Waals surface area (Å²) in [5.74, 6) is 4.54. The number of hydrogen-bond donors (Lipinski definition) is 0. The summed E-state index contributed by atoms with van der Waals surface area (Å²) in [5.41, 5.74) is 0. The van der Waals surface area contributed by atoms with Crippen LogP contribution in [0.15, 0.2) is 0 Å². The minimum Gasteiger partial charge on any atom is -0.0654 e. The highest BCUT2D eigenvalue weighted by molar-refractivity contribution is 4.95. The van der Waals surface area contributed by atoms with E-state index in [0.29, 0.717) is 0 Å². The van der Waals surface area contributed by atoms with Crippen molar-refractivity contribution < 1.29 is 0 Å². The largest absolute Gasteiger partial charge is 0.0654 e. The van der Waals surface area contributed by atoms with Crippen LogP contribution in [0.3, 0.4) is 0 Å². The summed E-state index contributed by atoms with van der Waals surface area (Å²) in [4.78, 5) is 0. The van der Waals surface area contributed by atoms with Crippen molar-refractivity contribution in [1.82, 2.24) is 0 Å². The van der Waals surface area contributed by atoms with Crippen molar-refractivity contribution in [3.05, 3.63) is 0 Å². The molecule has 0 saturated heterocycles. The predicted octanol–water partition coefficient (Wildman–Crippen LogP) is 3.86. The first kappa shape index (κ1) is 8.59. The van der Waals surface area contributed by atoms with Gasteiger partial charge in [-0.15, -0.1) is 0 Å². The molecule has 0 heteroatoms. The second-order valence-corrected chi connectivity index (χ2v) is 4.86. The minimum atomic E-state index is 1.11. The van der Waals surface area contributed by atoms with Crippen molar-refractivity contribution in [3.63, 3.8) is 0 Å². The first-order valence-corrected chi connectivity index (χ1v) is 5.86. The Kier molecular flexibility index (Phi) is 2.43. The van der Waals surface area contributed by atoms with Crippen LogP contribution in [-0.2, 0) is 0 Å². The van der Waals surface area contributed by atoms with Crippen LogP contribution in [0.25, 0.3) is 0 Å². The van der Waals surface area contributed by atoms with Crippen molar-refractivity contribution in [2.24, 2.45) is 23.7 Å². The molecule has 4 atom stereocenters. The Morgan fingerprint density at radius 2 is 2.00 bits per heavy atom. The van der Waals surface area contributed by atoms with E-state index < -0.39 is 0 Å². The molecule has 12 heavy (non-hydrogen) atoms. The van der Waals surface area contributed by atoms with Crippen molar-refractivity contribution in [2.75, 3.05) is 0 Å². The summed E-state index contributed by atoms with van der Waals surface area (Å²) in [5, 5.41) is 0. The predicted molar refractivity (Wildman–Crippen MR) is 53.0 cm³/mol. The zero-order chi connectivity index (χ0) is 8.55. The molecule has 2 rings (SSSR count). The van der Waals surface area contributed by atoms with Gasteiger partial charge in [-0.1, -0.05) is 33.1 Å². The Labute approximate surface area is 76.7 Å². The van der Waals surface area contributed by atoms with E-state index in [9.17, 15) is 0 Å². The molecule has 0 aromatic carbocycles. The van der Waals surface area contributed by atoms with Crippen LogP contribution in [0.2, 0.25) is 0 Å². The van der Waals surface area contributed by atoms with Gasteiger partial charge in [-0.3, -0.25) is 0 Å². The third kappa shape index (κ3) is 1.20. The van der Waals surface area contributed by atoms with Crippen LogP contribution >= 0.6 is 0 Å².